The number of nitro groups is 1. The van der Waals surface area contributed by atoms with Gasteiger partial charge < -0.3 is 19.8 Å². The van der Waals surface area contributed by atoms with E-state index in [1.165, 1.54) is 10.7 Å². The highest BCUT2D eigenvalue weighted by Crippen LogP contribution is 2.16. The third-order valence-corrected chi connectivity index (χ3v) is 3.26. The standard InChI is InChI=1S/C12H10BrN5O3/c13-9-2-1-8(21-9)5-6-14-10-3-4-11-15-7-12(18(19)20)17(11)16-10/h1-4,7H,5-6H2,(H,14,16). The molecule has 3 rings (SSSR count). The van der Waals surface area contributed by atoms with E-state index >= 15 is 0 Å². The molecule has 0 aliphatic heterocycles. The number of fused-ring (bicyclic) bond motifs is 1. The number of nitrogens with one attached hydrogen (secondary N) is 1. The van der Waals surface area contributed by atoms with Gasteiger partial charge in [0.1, 0.15) is 12.0 Å². The first-order valence-electron chi connectivity index (χ1n) is 6.11. The zero-order chi connectivity index (χ0) is 14.8. The molecule has 3 aromatic rings. The summed E-state index contributed by atoms with van der Waals surface area (Å²) in [7, 11) is 0. The largest absolute Gasteiger partial charge is 0.454 e. The van der Waals surface area contributed by atoms with Crippen molar-refractivity contribution in [2.75, 3.05) is 11.9 Å². The molecule has 21 heavy (non-hydrogen) atoms. The van der Waals surface area contributed by atoms with Crippen molar-refractivity contribution >= 4 is 33.2 Å². The van der Waals surface area contributed by atoms with E-state index in [9.17, 15) is 10.1 Å². The van der Waals surface area contributed by atoms with Crippen molar-refractivity contribution in [1.82, 2.24) is 14.6 Å². The maximum atomic E-state index is 10.9. The number of anilines is 1. The molecular weight excluding hydrogens is 342 g/mol. The molecule has 0 aliphatic rings. The molecule has 0 aromatic carbocycles. The minimum atomic E-state index is -0.517. The molecule has 3 heterocycles. The fraction of sp³-hybridized carbons (Fsp3) is 0.167. The normalized spacial score (nSPS) is 10.9. The molecule has 0 atom stereocenters. The Hall–Kier alpha value is -2.42. The Bertz CT molecular complexity index is 797. The van der Waals surface area contributed by atoms with Crippen LogP contribution in [0.4, 0.5) is 11.6 Å². The third kappa shape index (κ3) is 2.87. The van der Waals surface area contributed by atoms with Crippen molar-refractivity contribution in [3.63, 3.8) is 0 Å². The molecule has 0 unspecified atom stereocenters. The minimum absolute atomic E-state index is 0.163. The second-order valence-electron chi connectivity index (χ2n) is 4.24. The number of aromatic nitrogens is 3. The quantitative estimate of drug-likeness (QED) is 0.560. The fourth-order valence-electron chi connectivity index (χ4n) is 1.88. The lowest BCUT2D eigenvalue weighted by molar-refractivity contribution is -0.391. The molecule has 0 fully saturated rings. The Balaban J connectivity index is 1.72. The summed E-state index contributed by atoms with van der Waals surface area (Å²) in [5.74, 6) is 1.21. The summed E-state index contributed by atoms with van der Waals surface area (Å²) in [5.41, 5.74) is 0.433. The fourth-order valence-corrected chi connectivity index (χ4v) is 2.22. The van der Waals surface area contributed by atoms with Gasteiger partial charge in [-0.2, -0.15) is 0 Å². The number of furan rings is 1. The van der Waals surface area contributed by atoms with Gasteiger partial charge in [0.2, 0.25) is 5.65 Å². The van der Waals surface area contributed by atoms with Crippen LogP contribution in [0.25, 0.3) is 5.65 Å². The van der Waals surface area contributed by atoms with E-state index < -0.39 is 4.92 Å². The molecule has 0 saturated heterocycles. The molecular formula is C12H10BrN5O3. The van der Waals surface area contributed by atoms with E-state index in [-0.39, 0.29) is 5.82 Å². The van der Waals surface area contributed by atoms with E-state index in [2.05, 4.69) is 31.3 Å². The summed E-state index contributed by atoms with van der Waals surface area (Å²) in [6.07, 6.45) is 1.86. The Morgan fingerprint density at radius 2 is 2.24 bits per heavy atom. The van der Waals surface area contributed by atoms with E-state index in [4.69, 9.17) is 4.42 Å². The molecule has 0 saturated carbocycles. The molecule has 0 aliphatic carbocycles. The van der Waals surface area contributed by atoms with Crippen LogP contribution < -0.4 is 5.32 Å². The second-order valence-corrected chi connectivity index (χ2v) is 5.03. The van der Waals surface area contributed by atoms with Gasteiger partial charge in [0, 0.05) is 19.0 Å². The number of nitrogens with zero attached hydrogens (tertiary/aromatic N) is 4. The smallest absolute Gasteiger partial charge is 0.368 e. The van der Waals surface area contributed by atoms with Gasteiger partial charge in [-0.3, -0.25) is 0 Å². The Morgan fingerprint density at radius 3 is 2.95 bits per heavy atom. The number of halogens is 1. The van der Waals surface area contributed by atoms with Gasteiger partial charge in [0.25, 0.3) is 0 Å². The maximum absolute atomic E-state index is 10.9. The molecule has 0 radical (unpaired) electrons. The molecule has 9 heteroatoms. The summed E-state index contributed by atoms with van der Waals surface area (Å²) >= 11 is 3.24. The van der Waals surface area contributed by atoms with Crippen LogP contribution in [-0.4, -0.2) is 26.1 Å². The number of hydrogen-bond acceptors (Lipinski definition) is 6. The maximum Gasteiger partial charge on any atom is 0.368 e. The number of rotatable bonds is 5. The highest BCUT2D eigenvalue weighted by molar-refractivity contribution is 9.10. The molecule has 0 amide bonds. The van der Waals surface area contributed by atoms with E-state index in [1.54, 1.807) is 12.1 Å². The van der Waals surface area contributed by atoms with Crippen LogP contribution in [-0.2, 0) is 6.42 Å². The highest BCUT2D eigenvalue weighted by atomic mass is 79.9. The van der Waals surface area contributed by atoms with Gasteiger partial charge in [0.15, 0.2) is 10.5 Å². The number of imidazole rings is 1. The Kier molecular flexibility index (Phi) is 3.57. The highest BCUT2D eigenvalue weighted by Gasteiger charge is 2.15. The Morgan fingerprint density at radius 1 is 1.38 bits per heavy atom. The summed E-state index contributed by atoms with van der Waals surface area (Å²) in [6, 6.07) is 7.10. The molecule has 1 N–H and O–H groups in total. The summed E-state index contributed by atoms with van der Waals surface area (Å²) in [6.45, 7) is 0.598. The number of hydrogen-bond donors (Lipinski definition) is 1. The van der Waals surface area contributed by atoms with Gasteiger partial charge >= 0.3 is 5.82 Å². The first-order valence-corrected chi connectivity index (χ1v) is 6.90. The van der Waals surface area contributed by atoms with Gasteiger partial charge in [-0.25, -0.2) is 4.98 Å². The first-order chi connectivity index (χ1) is 10.1. The SMILES string of the molecule is O=[N+]([O-])c1cnc2ccc(NCCc3ccc(Br)o3)nn12. The summed E-state index contributed by atoms with van der Waals surface area (Å²) in [5, 5.41) is 18.1. The lowest BCUT2D eigenvalue weighted by Crippen LogP contribution is -2.08. The monoisotopic (exact) mass is 351 g/mol. The van der Waals surface area contributed by atoms with Crippen molar-refractivity contribution in [3.05, 3.63) is 51.0 Å². The van der Waals surface area contributed by atoms with Gasteiger partial charge in [0.05, 0.1) is 0 Å². The average Bonchev–Trinajstić information content (AvgIpc) is 3.04. The summed E-state index contributed by atoms with van der Waals surface area (Å²) < 4.78 is 7.27. The summed E-state index contributed by atoms with van der Waals surface area (Å²) in [4.78, 5) is 14.3. The zero-order valence-corrected chi connectivity index (χ0v) is 12.3. The van der Waals surface area contributed by atoms with Crippen LogP contribution in [0, 0.1) is 10.1 Å². The van der Waals surface area contributed by atoms with E-state index in [0.717, 1.165) is 5.76 Å². The van der Waals surface area contributed by atoms with Gasteiger partial charge in [-0.1, -0.05) is 9.61 Å². The van der Waals surface area contributed by atoms with Crippen LogP contribution in [0.15, 0.2) is 39.5 Å². The van der Waals surface area contributed by atoms with Crippen LogP contribution in [0.3, 0.4) is 0 Å². The molecule has 108 valence electrons. The zero-order valence-electron chi connectivity index (χ0n) is 10.7. The van der Waals surface area contributed by atoms with Crippen LogP contribution in [0.1, 0.15) is 5.76 Å². The van der Waals surface area contributed by atoms with Crippen LogP contribution >= 0.6 is 15.9 Å². The lowest BCUT2D eigenvalue weighted by Gasteiger charge is -2.02. The predicted octanol–water partition coefficient (Wildman–Crippen LogP) is 2.65. The third-order valence-electron chi connectivity index (χ3n) is 2.84. The first kappa shape index (κ1) is 13.6. The van der Waals surface area contributed by atoms with Crippen molar-refractivity contribution in [3.8, 4) is 0 Å². The predicted molar refractivity (Wildman–Crippen MR) is 78.2 cm³/mol. The van der Waals surface area contributed by atoms with Crippen LogP contribution in [0.2, 0.25) is 0 Å². The van der Waals surface area contributed by atoms with Crippen LogP contribution in [0.5, 0.6) is 0 Å². The van der Waals surface area contributed by atoms with E-state index in [0.29, 0.717) is 29.1 Å². The lowest BCUT2D eigenvalue weighted by atomic mass is 10.3. The van der Waals surface area contributed by atoms with E-state index in [1.807, 2.05) is 12.1 Å². The van der Waals surface area contributed by atoms with Crippen molar-refractivity contribution < 1.29 is 9.34 Å². The Labute approximate surface area is 127 Å². The topological polar surface area (TPSA) is 98.5 Å². The molecule has 8 nitrogen and oxygen atoms in total. The van der Waals surface area contributed by atoms with Crippen molar-refractivity contribution in [2.24, 2.45) is 0 Å². The molecule has 0 bridgehead atoms. The minimum Gasteiger partial charge on any atom is -0.454 e. The second kappa shape index (κ2) is 5.52. The van der Waals surface area contributed by atoms with Crippen molar-refractivity contribution in [1.29, 1.82) is 0 Å². The average molecular weight is 352 g/mol. The van der Waals surface area contributed by atoms with Crippen molar-refractivity contribution in [2.45, 2.75) is 6.42 Å². The van der Waals surface area contributed by atoms with Gasteiger partial charge in [-0.15, -0.1) is 0 Å². The molecule has 0 spiro atoms. The van der Waals surface area contributed by atoms with Gasteiger partial charge in [-0.05, 0) is 39.1 Å². The molecule has 3 aromatic heterocycles.